The molecule has 0 atom stereocenters. The van der Waals surface area contributed by atoms with Gasteiger partial charge in [-0.05, 0) is 24.3 Å². The lowest BCUT2D eigenvalue weighted by atomic mass is 10.2. The second kappa shape index (κ2) is 8.86. The Labute approximate surface area is 158 Å². The van der Waals surface area contributed by atoms with Gasteiger partial charge in [0, 0.05) is 5.56 Å². The minimum absolute atomic E-state index is 0.147. The Morgan fingerprint density at radius 2 is 2.00 bits per heavy atom. The number of aliphatic carboxylic acids is 1. The molecule has 1 heterocycles. The topological polar surface area (TPSA) is 117 Å². The number of hydrazone groups is 1. The highest BCUT2D eigenvalue weighted by atomic mass is 32.2. The lowest BCUT2D eigenvalue weighted by molar-refractivity contribution is -0.139. The van der Waals surface area contributed by atoms with Crippen LogP contribution in [0.25, 0.3) is 11.0 Å². The number of thioether (sulfide) groups is 1. The molecule has 0 radical (unpaired) electrons. The van der Waals surface area contributed by atoms with Crippen molar-refractivity contribution in [1.29, 1.82) is 0 Å². The molecule has 0 fully saturated rings. The first-order valence-electron chi connectivity index (χ1n) is 7.95. The number of nitrogens with zero attached hydrogens (tertiary/aromatic N) is 2. The number of H-pyrrole nitrogens is 1. The van der Waals surface area contributed by atoms with Crippen LogP contribution in [0.1, 0.15) is 5.56 Å². The van der Waals surface area contributed by atoms with Crippen LogP contribution >= 0.6 is 11.8 Å². The van der Waals surface area contributed by atoms with Gasteiger partial charge in [0.2, 0.25) is 0 Å². The Hall–Kier alpha value is -3.33. The van der Waals surface area contributed by atoms with Crippen molar-refractivity contribution in [2.75, 3.05) is 12.4 Å². The molecule has 0 saturated heterocycles. The Morgan fingerprint density at radius 1 is 1.22 bits per heavy atom. The van der Waals surface area contributed by atoms with Crippen LogP contribution < -0.4 is 10.2 Å². The third-order valence-corrected chi connectivity index (χ3v) is 4.24. The van der Waals surface area contributed by atoms with E-state index in [4.69, 9.17) is 9.84 Å². The van der Waals surface area contributed by atoms with Gasteiger partial charge in [0.05, 0.1) is 23.0 Å². The summed E-state index contributed by atoms with van der Waals surface area (Å²) in [6.45, 7) is -0.453. The van der Waals surface area contributed by atoms with Crippen molar-refractivity contribution in [1.82, 2.24) is 15.4 Å². The number of fused-ring (bicyclic) bond motifs is 1. The number of nitrogens with one attached hydrogen (secondary N) is 2. The maximum absolute atomic E-state index is 11.9. The normalized spacial score (nSPS) is 11.0. The molecule has 0 unspecified atom stereocenters. The van der Waals surface area contributed by atoms with Crippen molar-refractivity contribution in [3.05, 3.63) is 54.1 Å². The maximum Gasteiger partial charge on any atom is 0.341 e. The van der Waals surface area contributed by atoms with Crippen LogP contribution in [0, 0.1) is 0 Å². The molecule has 9 heteroatoms. The number of carboxylic acid groups (broad SMARTS) is 1. The molecule has 0 bridgehead atoms. The summed E-state index contributed by atoms with van der Waals surface area (Å²) in [5.41, 5.74) is 4.74. The van der Waals surface area contributed by atoms with Crippen LogP contribution in [0.2, 0.25) is 0 Å². The molecule has 0 spiro atoms. The lowest BCUT2D eigenvalue weighted by Crippen LogP contribution is -2.19. The highest BCUT2D eigenvalue weighted by molar-refractivity contribution is 7.99. The number of amides is 1. The molecule has 0 aliphatic heterocycles. The quantitative estimate of drug-likeness (QED) is 0.312. The van der Waals surface area contributed by atoms with Gasteiger partial charge in [-0.25, -0.2) is 15.2 Å². The van der Waals surface area contributed by atoms with Gasteiger partial charge in [-0.3, -0.25) is 4.79 Å². The zero-order valence-corrected chi connectivity index (χ0v) is 14.9. The molecule has 3 N–H and O–H groups in total. The largest absolute Gasteiger partial charge is 0.481 e. The highest BCUT2D eigenvalue weighted by Crippen LogP contribution is 2.19. The van der Waals surface area contributed by atoms with E-state index >= 15 is 0 Å². The van der Waals surface area contributed by atoms with Gasteiger partial charge >= 0.3 is 5.97 Å². The molecular weight excluding hydrogens is 368 g/mol. The zero-order valence-electron chi connectivity index (χ0n) is 14.1. The molecule has 2 aromatic carbocycles. The lowest BCUT2D eigenvalue weighted by Gasteiger charge is -2.06. The Kier molecular flexibility index (Phi) is 6.06. The summed E-state index contributed by atoms with van der Waals surface area (Å²) >= 11 is 1.27. The van der Waals surface area contributed by atoms with Crippen molar-refractivity contribution in [3.8, 4) is 5.75 Å². The van der Waals surface area contributed by atoms with Gasteiger partial charge in [-0.1, -0.05) is 36.0 Å². The first-order chi connectivity index (χ1) is 13.1. The number of carboxylic acids is 1. The van der Waals surface area contributed by atoms with Crippen LogP contribution in [-0.4, -0.2) is 45.5 Å². The molecule has 0 saturated carbocycles. The highest BCUT2D eigenvalue weighted by Gasteiger charge is 2.07. The molecule has 1 aromatic heterocycles. The summed E-state index contributed by atoms with van der Waals surface area (Å²) in [7, 11) is 0. The molecule has 1 amide bonds. The van der Waals surface area contributed by atoms with Gasteiger partial charge in [-0.2, -0.15) is 5.10 Å². The molecule has 8 nitrogen and oxygen atoms in total. The number of imidazole rings is 1. The van der Waals surface area contributed by atoms with Gasteiger partial charge in [0.1, 0.15) is 5.75 Å². The molecule has 0 aliphatic rings. The van der Waals surface area contributed by atoms with Crippen molar-refractivity contribution in [2.24, 2.45) is 5.10 Å². The van der Waals surface area contributed by atoms with Crippen molar-refractivity contribution in [2.45, 2.75) is 5.16 Å². The Morgan fingerprint density at radius 3 is 2.81 bits per heavy atom. The van der Waals surface area contributed by atoms with Crippen LogP contribution in [0.4, 0.5) is 0 Å². The summed E-state index contributed by atoms with van der Waals surface area (Å²) in [4.78, 5) is 30.0. The van der Waals surface area contributed by atoms with Gasteiger partial charge in [0.15, 0.2) is 11.8 Å². The van der Waals surface area contributed by atoms with Crippen molar-refractivity contribution >= 4 is 40.9 Å². The van der Waals surface area contributed by atoms with E-state index in [9.17, 15) is 9.59 Å². The standard InChI is InChI=1S/C18H16N4O4S/c23-16(11-27-18-20-13-6-2-3-7-14(13)21-18)22-19-9-12-5-1-4-8-15(12)26-10-17(24)25/h1-9H,10-11H2,(H,20,21)(H,22,23)(H,24,25)/b19-9-. The van der Waals surface area contributed by atoms with E-state index in [0.717, 1.165) is 11.0 Å². The van der Waals surface area contributed by atoms with E-state index in [-0.39, 0.29) is 11.7 Å². The second-order valence-corrected chi connectivity index (χ2v) is 6.33. The van der Waals surface area contributed by atoms with Crippen molar-refractivity contribution in [3.63, 3.8) is 0 Å². The monoisotopic (exact) mass is 384 g/mol. The fraction of sp³-hybridized carbons (Fsp3) is 0.111. The summed E-state index contributed by atoms with van der Waals surface area (Å²) in [6, 6.07) is 14.4. The number of aromatic nitrogens is 2. The first-order valence-corrected chi connectivity index (χ1v) is 8.93. The average molecular weight is 384 g/mol. The Bertz CT molecular complexity index is 953. The van der Waals surface area contributed by atoms with E-state index in [1.54, 1.807) is 24.3 Å². The van der Waals surface area contributed by atoms with E-state index in [2.05, 4.69) is 20.5 Å². The summed E-state index contributed by atoms with van der Waals surface area (Å²) < 4.78 is 5.17. The van der Waals surface area contributed by atoms with Gasteiger partial charge in [-0.15, -0.1) is 0 Å². The average Bonchev–Trinajstić information content (AvgIpc) is 3.08. The molecule has 3 rings (SSSR count). The summed E-state index contributed by atoms with van der Waals surface area (Å²) in [5.74, 6) is -0.846. The van der Waals surface area contributed by atoms with E-state index in [1.165, 1.54) is 18.0 Å². The van der Waals surface area contributed by atoms with Gasteiger partial charge in [0.25, 0.3) is 5.91 Å². The number of benzene rings is 2. The second-order valence-electron chi connectivity index (χ2n) is 5.36. The van der Waals surface area contributed by atoms with Gasteiger partial charge < -0.3 is 14.8 Å². The minimum Gasteiger partial charge on any atom is -0.481 e. The Balaban J connectivity index is 1.52. The molecule has 27 heavy (non-hydrogen) atoms. The number of hydrogen-bond acceptors (Lipinski definition) is 6. The third kappa shape index (κ3) is 5.32. The fourth-order valence-electron chi connectivity index (χ4n) is 2.20. The molecule has 0 aliphatic carbocycles. The smallest absolute Gasteiger partial charge is 0.341 e. The molecule has 138 valence electrons. The third-order valence-electron chi connectivity index (χ3n) is 3.37. The number of carbonyl (C=O) groups excluding carboxylic acids is 1. The minimum atomic E-state index is -1.07. The van der Waals surface area contributed by atoms with Crippen molar-refractivity contribution < 1.29 is 19.4 Å². The maximum atomic E-state index is 11.9. The number of carbonyl (C=O) groups is 2. The molecule has 3 aromatic rings. The predicted octanol–water partition coefficient (Wildman–Crippen LogP) is 2.27. The molecular formula is C18H16N4O4S. The number of ether oxygens (including phenoxy) is 1. The number of rotatable bonds is 8. The first kappa shape index (κ1) is 18.5. The number of para-hydroxylation sites is 3. The number of hydrogen-bond donors (Lipinski definition) is 3. The van der Waals surface area contributed by atoms with E-state index < -0.39 is 12.6 Å². The van der Waals surface area contributed by atoms with Crippen LogP contribution in [-0.2, 0) is 9.59 Å². The number of aromatic amines is 1. The van der Waals surface area contributed by atoms with E-state index in [0.29, 0.717) is 16.5 Å². The summed E-state index contributed by atoms with van der Waals surface area (Å²) in [5, 5.41) is 13.2. The SMILES string of the molecule is O=C(O)COc1ccccc1/C=N\NC(=O)CSc1nc2ccccc2[nH]1. The fourth-order valence-corrected chi connectivity index (χ4v) is 2.87. The van der Waals surface area contributed by atoms with E-state index in [1.807, 2.05) is 24.3 Å². The zero-order chi connectivity index (χ0) is 19.1. The summed E-state index contributed by atoms with van der Waals surface area (Å²) in [6.07, 6.45) is 1.40. The van der Waals surface area contributed by atoms with Crippen LogP contribution in [0.5, 0.6) is 5.75 Å². The van der Waals surface area contributed by atoms with Crippen LogP contribution in [0.3, 0.4) is 0 Å². The van der Waals surface area contributed by atoms with Crippen LogP contribution in [0.15, 0.2) is 58.8 Å². The predicted molar refractivity (Wildman–Crippen MR) is 102 cm³/mol.